The molecule has 3 rings (SSSR count). The smallest absolute Gasteiger partial charge is 0.257 e. The monoisotopic (exact) mass is 283 g/mol. The molecule has 2 aromatic rings. The fraction of sp³-hybridized carbons (Fsp3) is 0.389. The summed E-state index contributed by atoms with van der Waals surface area (Å²) in [4.78, 5) is 14.3. The first-order valence-corrected chi connectivity index (χ1v) is 7.68. The van der Waals surface area contributed by atoms with Crippen molar-refractivity contribution in [3.63, 3.8) is 0 Å². The van der Waals surface area contributed by atoms with Gasteiger partial charge in [-0.15, -0.1) is 0 Å². The van der Waals surface area contributed by atoms with E-state index in [9.17, 15) is 4.79 Å². The molecule has 1 aliphatic rings. The molecule has 0 unspecified atom stereocenters. The molecule has 0 N–H and O–H groups in total. The van der Waals surface area contributed by atoms with Gasteiger partial charge in [0.15, 0.2) is 0 Å². The molecule has 1 aliphatic heterocycles. The minimum Gasteiger partial charge on any atom is -0.472 e. The second kappa shape index (κ2) is 6.61. The molecule has 1 aromatic carbocycles. The Morgan fingerprint density at radius 3 is 2.86 bits per heavy atom. The zero-order chi connectivity index (χ0) is 14.5. The van der Waals surface area contributed by atoms with Crippen molar-refractivity contribution in [3.8, 4) is 0 Å². The first-order valence-electron chi connectivity index (χ1n) is 7.68. The SMILES string of the molecule is O=C(c1ccoc1)N1CCC[C@@H](CCc2ccccc2)C1. The molecule has 3 heteroatoms. The number of hydrogen-bond acceptors (Lipinski definition) is 2. The molecular formula is C18H21NO2. The summed E-state index contributed by atoms with van der Waals surface area (Å²) in [6.07, 6.45) is 7.67. The highest BCUT2D eigenvalue weighted by Crippen LogP contribution is 2.23. The summed E-state index contributed by atoms with van der Waals surface area (Å²) in [6.45, 7) is 1.74. The highest BCUT2D eigenvalue weighted by molar-refractivity contribution is 5.93. The Labute approximate surface area is 125 Å². The summed E-state index contributed by atoms with van der Waals surface area (Å²) < 4.78 is 5.01. The molecule has 0 saturated carbocycles. The topological polar surface area (TPSA) is 33.5 Å². The van der Waals surface area contributed by atoms with Gasteiger partial charge in [0.1, 0.15) is 6.26 Å². The molecule has 2 heterocycles. The molecule has 0 spiro atoms. The minimum atomic E-state index is 0.105. The van der Waals surface area contributed by atoms with Crippen LogP contribution in [0.1, 0.15) is 35.2 Å². The molecule has 1 aromatic heterocycles. The molecule has 1 atom stereocenters. The highest BCUT2D eigenvalue weighted by atomic mass is 16.3. The maximum Gasteiger partial charge on any atom is 0.257 e. The van der Waals surface area contributed by atoms with E-state index in [1.165, 1.54) is 18.2 Å². The number of amides is 1. The van der Waals surface area contributed by atoms with Gasteiger partial charge in [0, 0.05) is 13.1 Å². The maximum absolute atomic E-state index is 12.3. The van der Waals surface area contributed by atoms with E-state index in [0.717, 1.165) is 32.4 Å². The lowest BCUT2D eigenvalue weighted by Crippen LogP contribution is -2.39. The number of piperidine rings is 1. The quantitative estimate of drug-likeness (QED) is 0.856. The van der Waals surface area contributed by atoms with Gasteiger partial charge in [-0.3, -0.25) is 4.79 Å². The Kier molecular flexibility index (Phi) is 4.39. The van der Waals surface area contributed by atoms with Gasteiger partial charge < -0.3 is 9.32 Å². The third kappa shape index (κ3) is 3.54. The van der Waals surface area contributed by atoms with E-state index in [0.29, 0.717) is 11.5 Å². The van der Waals surface area contributed by atoms with E-state index in [1.807, 2.05) is 4.90 Å². The molecule has 0 radical (unpaired) electrons. The van der Waals surface area contributed by atoms with Crippen LogP contribution in [-0.2, 0) is 6.42 Å². The molecule has 1 fully saturated rings. The van der Waals surface area contributed by atoms with Crippen LogP contribution in [0, 0.1) is 5.92 Å². The molecule has 3 nitrogen and oxygen atoms in total. The summed E-state index contributed by atoms with van der Waals surface area (Å²) >= 11 is 0. The lowest BCUT2D eigenvalue weighted by atomic mass is 9.91. The van der Waals surface area contributed by atoms with Gasteiger partial charge in [0.2, 0.25) is 0 Å². The predicted octanol–water partition coefficient (Wildman–Crippen LogP) is 3.76. The van der Waals surface area contributed by atoms with Gasteiger partial charge in [-0.25, -0.2) is 0 Å². The van der Waals surface area contributed by atoms with Crippen molar-refractivity contribution in [2.24, 2.45) is 5.92 Å². The summed E-state index contributed by atoms with van der Waals surface area (Å²) in [6, 6.07) is 12.3. The van der Waals surface area contributed by atoms with Crippen LogP contribution in [0.2, 0.25) is 0 Å². The second-order valence-electron chi connectivity index (χ2n) is 5.80. The lowest BCUT2D eigenvalue weighted by molar-refractivity contribution is 0.0667. The van der Waals surface area contributed by atoms with Crippen molar-refractivity contribution in [2.75, 3.05) is 13.1 Å². The van der Waals surface area contributed by atoms with Crippen molar-refractivity contribution >= 4 is 5.91 Å². The average molecular weight is 283 g/mol. The average Bonchev–Trinajstić information content (AvgIpc) is 3.08. The van der Waals surface area contributed by atoms with Crippen molar-refractivity contribution in [1.29, 1.82) is 0 Å². The first-order chi connectivity index (χ1) is 10.3. The summed E-state index contributed by atoms with van der Waals surface area (Å²) in [5.74, 6) is 0.711. The van der Waals surface area contributed by atoms with Crippen molar-refractivity contribution in [2.45, 2.75) is 25.7 Å². The molecule has 21 heavy (non-hydrogen) atoms. The second-order valence-corrected chi connectivity index (χ2v) is 5.80. The number of hydrogen-bond donors (Lipinski definition) is 0. The molecule has 0 bridgehead atoms. The van der Waals surface area contributed by atoms with Crippen LogP contribution in [0.15, 0.2) is 53.3 Å². The van der Waals surface area contributed by atoms with Crippen molar-refractivity contribution in [1.82, 2.24) is 4.90 Å². The van der Waals surface area contributed by atoms with E-state index < -0.39 is 0 Å². The highest BCUT2D eigenvalue weighted by Gasteiger charge is 2.24. The number of likely N-dealkylation sites (tertiary alicyclic amines) is 1. The molecule has 1 amide bonds. The van der Waals surface area contributed by atoms with E-state index in [4.69, 9.17) is 4.42 Å². The third-order valence-corrected chi connectivity index (χ3v) is 4.26. The number of carbonyl (C=O) groups is 1. The first kappa shape index (κ1) is 13.9. The van der Waals surface area contributed by atoms with E-state index in [-0.39, 0.29) is 5.91 Å². The summed E-state index contributed by atoms with van der Waals surface area (Å²) in [5, 5.41) is 0. The zero-order valence-electron chi connectivity index (χ0n) is 12.2. The van der Waals surface area contributed by atoms with Gasteiger partial charge in [-0.2, -0.15) is 0 Å². The van der Waals surface area contributed by atoms with Crippen LogP contribution in [0.25, 0.3) is 0 Å². The normalized spacial score (nSPS) is 18.7. The van der Waals surface area contributed by atoms with Gasteiger partial charge in [0.05, 0.1) is 11.8 Å². The number of nitrogens with zero attached hydrogens (tertiary/aromatic N) is 1. The Hall–Kier alpha value is -2.03. The van der Waals surface area contributed by atoms with Crippen LogP contribution < -0.4 is 0 Å². The van der Waals surface area contributed by atoms with E-state index in [1.54, 1.807) is 12.3 Å². The van der Waals surface area contributed by atoms with Crippen LogP contribution >= 0.6 is 0 Å². The Balaban J connectivity index is 1.55. The van der Waals surface area contributed by atoms with Crippen LogP contribution in [0.4, 0.5) is 0 Å². The summed E-state index contributed by atoms with van der Waals surface area (Å²) in [7, 11) is 0. The maximum atomic E-state index is 12.3. The standard InChI is InChI=1S/C18H21NO2/c20-18(17-10-12-21-14-17)19-11-4-7-16(13-19)9-8-15-5-2-1-3-6-15/h1-3,5-6,10,12,14,16H,4,7-9,11,13H2/t16-/m0/s1. The van der Waals surface area contributed by atoms with Crippen LogP contribution in [0.5, 0.6) is 0 Å². The van der Waals surface area contributed by atoms with Gasteiger partial charge in [-0.05, 0) is 43.2 Å². The lowest BCUT2D eigenvalue weighted by Gasteiger charge is -2.32. The predicted molar refractivity (Wildman–Crippen MR) is 82.1 cm³/mol. The number of aryl methyl sites for hydroxylation is 1. The zero-order valence-corrected chi connectivity index (χ0v) is 12.2. The van der Waals surface area contributed by atoms with E-state index >= 15 is 0 Å². The van der Waals surface area contributed by atoms with E-state index in [2.05, 4.69) is 30.3 Å². The third-order valence-electron chi connectivity index (χ3n) is 4.26. The molecule has 0 aliphatic carbocycles. The fourth-order valence-corrected chi connectivity index (χ4v) is 3.07. The number of rotatable bonds is 4. The molecular weight excluding hydrogens is 262 g/mol. The Bertz CT molecular complexity index is 562. The Morgan fingerprint density at radius 2 is 2.10 bits per heavy atom. The largest absolute Gasteiger partial charge is 0.472 e. The molecule has 1 saturated heterocycles. The van der Waals surface area contributed by atoms with Crippen molar-refractivity contribution in [3.05, 3.63) is 60.1 Å². The molecule has 110 valence electrons. The van der Waals surface area contributed by atoms with Crippen LogP contribution in [-0.4, -0.2) is 23.9 Å². The van der Waals surface area contributed by atoms with Crippen LogP contribution in [0.3, 0.4) is 0 Å². The van der Waals surface area contributed by atoms with Crippen molar-refractivity contribution < 1.29 is 9.21 Å². The van der Waals surface area contributed by atoms with Gasteiger partial charge in [-0.1, -0.05) is 30.3 Å². The minimum absolute atomic E-state index is 0.105. The van der Waals surface area contributed by atoms with Gasteiger partial charge in [0.25, 0.3) is 5.91 Å². The number of furan rings is 1. The Morgan fingerprint density at radius 1 is 1.24 bits per heavy atom. The number of benzene rings is 1. The van der Waals surface area contributed by atoms with Gasteiger partial charge >= 0.3 is 0 Å². The number of carbonyl (C=O) groups excluding carboxylic acids is 1. The fourth-order valence-electron chi connectivity index (χ4n) is 3.07. The summed E-state index contributed by atoms with van der Waals surface area (Å²) in [5.41, 5.74) is 2.05.